The number of hydrogen-bond donors (Lipinski definition) is 2. The van der Waals surface area contributed by atoms with Crippen LogP contribution in [0.3, 0.4) is 0 Å². The number of anilines is 1. The van der Waals surface area contributed by atoms with Crippen LogP contribution in [0.1, 0.15) is 24.6 Å². The van der Waals surface area contributed by atoms with E-state index in [2.05, 4.69) is 10.3 Å². The van der Waals surface area contributed by atoms with Crippen LogP contribution < -0.4 is 14.8 Å². The number of hydrogen-bond acceptors (Lipinski definition) is 6. The van der Waals surface area contributed by atoms with Crippen LogP contribution in [0.5, 0.6) is 11.5 Å². The van der Waals surface area contributed by atoms with E-state index in [0.717, 1.165) is 17.8 Å². The van der Waals surface area contributed by atoms with Gasteiger partial charge in [0.1, 0.15) is 0 Å². The second-order valence-corrected chi connectivity index (χ2v) is 6.31. The number of carbonyl (C=O) groups is 2. The van der Waals surface area contributed by atoms with E-state index in [1.807, 2.05) is 6.92 Å². The third-order valence-corrected chi connectivity index (χ3v) is 4.36. The van der Waals surface area contributed by atoms with Crippen LogP contribution in [0.15, 0.2) is 18.2 Å². The van der Waals surface area contributed by atoms with Gasteiger partial charge >= 0.3 is 5.97 Å². The van der Waals surface area contributed by atoms with Crippen molar-refractivity contribution in [1.29, 1.82) is 0 Å². The van der Waals surface area contributed by atoms with Gasteiger partial charge in [-0.3, -0.25) is 9.59 Å². The molecular weight excluding hydrogens is 344 g/mol. The monoisotopic (exact) mass is 364 g/mol. The summed E-state index contributed by atoms with van der Waals surface area (Å²) >= 11 is 1.16. The Bertz CT molecular complexity index is 772. The second-order valence-electron chi connectivity index (χ2n) is 5.23. The van der Waals surface area contributed by atoms with E-state index in [-0.39, 0.29) is 12.3 Å². The smallest absolute Gasteiger partial charge is 0.308 e. The molecule has 8 heteroatoms. The summed E-state index contributed by atoms with van der Waals surface area (Å²) in [7, 11) is 3.06. The van der Waals surface area contributed by atoms with Crippen LogP contribution in [-0.4, -0.2) is 36.2 Å². The van der Waals surface area contributed by atoms with E-state index in [0.29, 0.717) is 39.2 Å². The molecule has 1 amide bonds. The van der Waals surface area contributed by atoms with Crippen molar-refractivity contribution < 1.29 is 24.2 Å². The van der Waals surface area contributed by atoms with E-state index in [1.165, 1.54) is 14.2 Å². The van der Waals surface area contributed by atoms with Crippen molar-refractivity contribution in [2.24, 2.45) is 0 Å². The van der Waals surface area contributed by atoms with E-state index < -0.39 is 5.97 Å². The molecule has 1 aromatic heterocycles. The molecule has 1 aromatic carbocycles. The molecule has 0 saturated carbocycles. The fourth-order valence-corrected chi connectivity index (χ4v) is 3.27. The predicted molar refractivity (Wildman–Crippen MR) is 95.5 cm³/mol. The zero-order valence-electron chi connectivity index (χ0n) is 14.3. The first-order chi connectivity index (χ1) is 12.0. The number of ether oxygens (including phenoxy) is 2. The maximum atomic E-state index is 11.8. The van der Waals surface area contributed by atoms with Crippen molar-refractivity contribution in [2.45, 2.75) is 26.2 Å². The largest absolute Gasteiger partial charge is 0.493 e. The van der Waals surface area contributed by atoms with Crippen molar-refractivity contribution in [1.82, 2.24) is 4.98 Å². The number of aromatic nitrogens is 1. The maximum Gasteiger partial charge on any atom is 0.308 e. The fourth-order valence-electron chi connectivity index (χ4n) is 2.28. The summed E-state index contributed by atoms with van der Waals surface area (Å²) in [6.07, 6.45) is 0.937. The van der Waals surface area contributed by atoms with E-state index in [1.54, 1.807) is 18.2 Å². The highest BCUT2D eigenvalue weighted by Crippen LogP contribution is 2.36. The molecule has 0 atom stereocenters. The van der Waals surface area contributed by atoms with Crippen LogP contribution in [0, 0.1) is 0 Å². The number of thiazole rings is 1. The number of nitrogens with one attached hydrogen (secondary N) is 1. The van der Waals surface area contributed by atoms with Crippen molar-refractivity contribution in [3.05, 3.63) is 23.1 Å². The zero-order valence-corrected chi connectivity index (χ0v) is 15.1. The number of carbonyl (C=O) groups excluding carboxylic acids is 1. The first-order valence-corrected chi connectivity index (χ1v) is 8.53. The average Bonchev–Trinajstić information content (AvgIpc) is 2.95. The highest BCUT2D eigenvalue weighted by molar-refractivity contribution is 7.16. The number of amides is 1. The van der Waals surface area contributed by atoms with Gasteiger partial charge in [-0.1, -0.05) is 6.92 Å². The summed E-state index contributed by atoms with van der Waals surface area (Å²) in [6, 6.07) is 5.24. The lowest BCUT2D eigenvalue weighted by Gasteiger charge is -2.09. The minimum atomic E-state index is -0.961. The molecular formula is C17H20N2O5S. The Morgan fingerprint density at radius 1 is 1.24 bits per heavy atom. The number of rotatable bonds is 8. The highest BCUT2D eigenvalue weighted by atomic mass is 32.1. The number of methoxy groups -OCH3 is 2. The van der Waals surface area contributed by atoms with E-state index in [4.69, 9.17) is 14.6 Å². The van der Waals surface area contributed by atoms with Crippen molar-refractivity contribution in [3.8, 4) is 22.8 Å². The molecule has 134 valence electrons. The maximum absolute atomic E-state index is 11.8. The predicted octanol–water partition coefficient (Wildman–Crippen LogP) is 3.19. The molecule has 0 radical (unpaired) electrons. The first kappa shape index (κ1) is 18.7. The summed E-state index contributed by atoms with van der Waals surface area (Å²) in [5.74, 6) is -0.0163. The van der Waals surface area contributed by atoms with Gasteiger partial charge in [0.05, 0.1) is 26.3 Å². The summed E-state index contributed by atoms with van der Waals surface area (Å²) < 4.78 is 10.5. The Kier molecular flexibility index (Phi) is 6.35. The van der Waals surface area contributed by atoms with Crippen LogP contribution in [0.4, 0.5) is 5.13 Å². The Labute approximate surface area is 149 Å². The minimum absolute atomic E-state index is 0.142. The topological polar surface area (TPSA) is 97.8 Å². The molecule has 0 unspecified atom stereocenters. The summed E-state index contributed by atoms with van der Waals surface area (Å²) in [6.45, 7) is 1.91. The molecule has 2 aromatic rings. The molecule has 0 aliphatic rings. The molecule has 2 rings (SSSR count). The lowest BCUT2D eigenvalue weighted by molar-refractivity contribution is -0.136. The lowest BCUT2D eigenvalue weighted by Crippen LogP contribution is -2.10. The molecule has 2 N–H and O–H groups in total. The lowest BCUT2D eigenvalue weighted by atomic mass is 10.1. The van der Waals surface area contributed by atoms with Crippen molar-refractivity contribution in [3.63, 3.8) is 0 Å². The molecule has 0 saturated heterocycles. The Morgan fingerprint density at radius 3 is 2.56 bits per heavy atom. The van der Waals surface area contributed by atoms with Crippen LogP contribution in [-0.2, 0) is 16.0 Å². The third-order valence-electron chi connectivity index (χ3n) is 3.39. The Morgan fingerprint density at radius 2 is 1.96 bits per heavy atom. The quantitative estimate of drug-likeness (QED) is 0.746. The van der Waals surface area contributed by atoms with E-state index >= 15 is 0 Å². The number of benzene rings is 1. The van der Waals surface area contributed by atoms with Gasteiger partial charge < -0.3 is 19.9 Å². The standard InChI is InChI=1S/C17H20N2O5S/c1-4-5-14(20)18-17-19-16(13(25-17)9-15(21)22)10-6-7-11(23-2)12(8-10)24-3/h6-8H,4-5,9H2,1-3H3,(H,21,22)(H,18,19,20). The number of aliphatic carboxylic acids is 1. The van der Waals surface area contributed by atoms with Crippen LogP contribution >= 0.6 is 11.3 Å². The van der Waals surface area contributed by atoms with Gasteiger partial charge in [0.25, 0.3) is 0 Å². The van der Waals surface area contributed by atoms with Gasteiger partial charge in [-0.05, 0) is 24.6 Å². The second kappa shape index (κ2) is 8.48. The zero-order chi connectivity index (χ0) is 18.4. The third kappa shape index (κ3) is 4.69. The molecule has 0 bridgehead atoms. The van der Waals surface area contributed by atoms with Gasteiger partial charge in [0.2, 0.25) is 5.91 Å². The van der Waals surface area contributed by atoms with Gasteiger partial charge in [0.15, 0.2) is 16.6 Å². The van der Waals surface area contributed by atoms with Gasteiger partial charge in [-0.25, -0.2) is 4.98 Å². The first-order valence-electron chi connectivity index (χ1n) is 7.72. The summed E-state index contributed by atoms with van der Waals surface area (Å²) in [5.41, 5.74) is 1.21. The molecule has 0 aliphatic carbocycles. The Balaban J connectivity index is 2.42. The van der Waals surface area contributed by atoms with Crippen LogP contribution in [0.25, 0.3) is 11.3 Å². The molecule has 0 fully saturated rings. The number of carboxylic acid groups (broad SMARTS) is 1. The van der Waals surface area contributed by atoms with Crippen molar-refractivity contribution >= 4 is 28.3 Å². The van der Waals surface area contributed by atoms with Gasteiger partial charge in [-0.15, -0.1) is 11.3 Å². The molecule has 1 heterocycles. The molecule has 25 heavy (non-hydrogen) atoms. The van der Waals surface area contributed by atoms with Gasteiger partial charge in [-0.2, -0.15) is 0 Å². The number of nitrogens with zero attached hydrogens (tertiary/aromatic N) is 1. The average molecular weight is 364 g/mol. The summed E-state index contributed by atoms with van der Waals surface area (Å²) in [5, 5.41) is 12.2. The normalized spacial score (nSPS) is 10.4. The fraction of sp³-hybridized carbons (Fsp3) is 0.353. The molecule has 0 aliphatic heterocycles. The van der Waals surface area contributed by atoms with Crippen molar-refractivity contribution in [2.75, 3.05) is 19.5 Å². The van der Waals surface area contributed by atoms with E-state index in [9.17, 15) is 9.59 Å². The van der Waals surface area contributed by atoms with Gasteiger partial charge in [0, 0.05) is 16.9 Å². The molecule has 0 spiro atoms. The highest BCUT2D eigenvalue weighted by Gasteiger charge is 2.18. The minimum Gasteiger partial charge on any atom is -0.493 e. The Hall–Kier alpha value is -2.61. The number of carboxylic acids is 1. The van der Waals surface area contributed by atoms with Crippen LogP contribution in [0.2, 0.25) is 0 Å². The SMILES string of the molecule is CCCC(=O)Nc1nc(-c2ccc(OC)c(OC)c2)c(CC(=O)O)s1. The summed E-state index contributed by atoms with van der Waals surface area (Å²) in [4.78, 5) is 27.9. The molecule has 7 nitrogen and oxygen atoms in total.